The summed E-state index contributed by atoms with van der Waals surface area (Å²) in [5.41, 5.74) is 0. The molecular formula is C9H13NO2. The predicted molar refractivity (Wildman–Crippen MR) is 45.4 cm³/mol. The molecule has 0 atom stereocenters. The van der Waals surface area contributed by atoms with Crippen molar-refractivity contribution in [2.24, 2.45) is 0 Å². The Morgan fingerprint density at radius 3 is 1.58 bits per heavy atom. The van der Waals surface area contributed by atoms with E-state index in [9.17, 15) is 0 Å². The van der Waals surface area contributed by atoms with E-state index >= 15 is 0 Å². The van der Waals surface area contributed by atoms with Crippen LogP contribution in [0.4, 0.5) is 0 Å². The van der Waals surface area contributed by atoms with Crippen molar-refractivity contribution in [1.29, 1.82) is 0 Å². The van der Waals surface area contributed by atoms with E-state index in [-0.39, 0.29) is 0 Å². The van der Waals surface area contributed by atoms with E-state index in [1.165, 1.54) is 0 Å². The monoisotopic (exact) mass is 167 g/mol. The Morgan fingerprint density at radius 2 is 1.42 bits per heavy atom. The summed E-state index contributed by atoms with van der Waals surface area (Å²) in [4.78, 5) is 12.9. The molecule has 12 heavy (non-hydrogen) atoms. The summed E-state index contributed by atoms with van der Waals surface area (Å²) in [6.07, 6.45) is 5.81. The van der Waals surface area contributed by atoms with Crippen LogP contribution < -0.4 is 0 Å². The van der Waals surface area contributed by atoms with Gasteiger partial charge in [0, 0.05) is 12.4 Å². The van der Waals surface area contributed by atoms with Gasteiger partial charge >= 0.3 is 0 Å². The molecule has 2 rings (SSSR count). The Balaban J connectivity index is 0.000000120. The summed E-state index contributed by atoms with van der Waals surface area (Å²) in [6, 6.07) is 5.72. The largest absolute Gasteiger partial charge is 0.265 e. The highest BCUT2D eigenvalue weighted by Gasteiger charge is 1.95. The van der Waals surface area contributed by atoms with Crippen molar-refractivity contribution in [3.8, 4) is 0 Å². The first-order valence-corrected chi connectivity index (χ1v) is 4.09. The summed E-state index contributed by atoms with van der Waals surface area (Å²) in [7, 11) is 0. The first-order chi connectivity index (χ1) is 6.00. The highest BCUT2D eigenvalue weighted by atomic mass is 17.2. The van der Waals surface area contributed by atoms with Crippen LogP contribution in [-0.4, -0.2) is 18.2 Å². The third kappa shape index (κ3) is 4.82. The fourth-order valence-corrected chi connectivity index (χ4v) is 0.752. The van der Waals surface area contributed by atoms with Crippen LogP contribution in [0.25, 0.3) is 0 Å². The molecule has 1 fully saturated rings. The van der Waals surface area contributed by atoms with Crippen LogP contribution in [0.3, 0.4) is 0 Å². The number of hydrogen-bond acceptors (Lipinski definition) is 3. The van der Waals surface area contributed by atoms with Crippen LogP contribution in [0, 0.1) is 0 Å². The fourth-order valence-electron chi connectivity index (χ4n) is 0.752. The Morgan fingerprint density at radius 1 is 0.833 bits per heavy atom. The second-order valence-electron chi connectivity index (χ2n) is 2.38. The van der Waals surface area contributed by atoms with Gasteiger partial charge in [-0.2, -0.15) is 0 Å². The van der Waals surface area contributed by atoms with E-state index in [4.69, 9.17) is 0 Å². The number of aromatic nitrogens is 1. The summed E-state index contributed by atoms with van der Waals surface area (Å²) < 4.78 is 0. The predicted octanol–water partition coefficient (Wildman–Crippen LogP) is 1.81. The van der Waals surface area contributed by atoms with Gasteiger partial charge in [-0.05, 0) is 25.0 Å². The van der Waals surface area contributed by atoms with Crippen molar-refractivity contribution in [2.45, 2.75) is 12.8 Å². The van der Waals surface area contributed by atoms with Gasteiger partial charge in [-0.1, -0.05) is 6.07 Å². The highest BCUT2D eigenvalue weighted by Crippen LogP contribution is 1.97. The molecule has 0 aromatic carbocycles. The maximum atomic E-state index is 4.57. The minimum absolute atomic E-state index is 0.778. The molecule has 2 heterocycles. The van der Waals surface area contributed by atoms with Crippen molar-refractivity contribution in [2.75, 3.05) is 13.2 Å². The maximum Gasteiger partial charge on any atom is 0.0823 e. The quantitative estimate of drug-likeness (QED) is 0.552. The lowest BCUT2D eigenvalue weighted by Gasteiger charge is -2.07. The molecule has 0 bridgehead atoms. The lowest BCUT2D eigenvalue weighted by molar-refractivity contribution is -0.312. The molecule has 1 saturated heterocycles. The van der Waals surface area contributed by atoms with Gasteiger partial charge in [0.1, 0.15) is 0 Å². The Hall–Kier alpha value is -0.930. The lowest BCUT2D eigenvalue weighted by atomic mass is 10.3. The molecule has 0 N–H and O–H groups in total. The summed E-state index contributed by atoms with van der Waals surface area (Å²) in [6.45, 7) is 1.56. The van der Waals surface area contributed by atoms with Crippen molar-refractivity contribution in [3.05, 3.63) is 30.6 Å². The van der Waals surface area contributed by atoms with Crippen molar-refractivity contribution >= 4 is 0 Å². The van der Waals surface area contributed by atoms with Crippen LogP contribution in [0.2, 0.25) is 0 Å². The van der Waals surface area contributed by atoms with E-state index in [2.05, 4.69) is 14.8 Å². The van der Waals surface area contributed by atoms with Gasteiger partial charge in [0.2, 0.25) is 0 Å². The molecule has 3 heteroatoms. The van der Waals surface area contributed by atoms with Crippen LogP contribution in [0.5, 0.6) is 0 Å². The normalized spacial score (nSPS) is 16.0. The maximum absolute atomic E-state index is 4.57. The van der Waals surface area contributed by atoms with Gasteiger partial charge in [-0.25, -0.2) is 9.78 Å². The highest BCUT2D eigenvalue weighted by molar-refractivity contribution is 4.88. The molecule has 0 unspecified atom stereocenters. The zero-order valence-electron chi connectivity index (χ0n) is 6.98. The second kappa shape index (κ2) is 6.76. The zero-order valence-corrected chi connectivity index (χ0v) is 6.98. The molecule has 3 nitrogen and oxygen atoms in total. The molecule has 1 aliphatic rings. The van der Waals surface area contributed by atoms with Crippen LogP contribution >= 0.6 is 0 Å². The van der Waals surface area contributed by atoms with E-state index in [0.717, 1.165) is 26.1 Å². The summed E-state index contributed by atoms with van der Waals surface area (Å²) in [5.74, 6) is 0. The minimum Gasteiger partial charge on any atom is -0.265 e. The zero-order chi connectivity index (χ0) is 8.49. The van der Waals surface area contributed by atoms with Gasteiger partial charge in [0.25, 0.3) is 0 Å². The van der Waals surface area contributed by atoms with Crippen molar-refractivity contribution in [1.82, 2.24) is 4.98 Å². The van der Waals surface area contributed by atoms with Gasteiger partial charge in [-0.15, -0.1) is 0 Å². The van der Waals surface area contributed by atoms with Crippen molar-refractivity contribution in [3.63, 3.8) is 0 Å². The van der Waals surface area contributed by atoms with Crippen LogP contribution in [0.1, 0.15) is 12.8 Å². The Labute approximate surface area is 72.3 Å². The molecule has 0 saturated carbocycles. The fraction of sp³-hybridized carbons (Fsp3) is 0.444. The Bertz CT molecular complexity index is 137. The molecule has 0 aliphatic carbocycles. The van der Waals surface area contributed by atoms with E-state index in [1.54, 1.807) is 12.4 Å². The first-order valence-electron chi connectivity index (χ1n) is 4.09. The molecule has 66 valence electrons. The molecule has 1 aromatic heterocycles. The smallest absolute Gasteiger partial charge is 0.0823 e. The molecule has 0 spiro atoms. The topological polar surface area (TPSA) is 31.4 Å². The number of rotatable bonds is 0. The molecule has 0 radical (unpaired) electrons. The van der Waals surface area contributed by atoms with Gasteiger partial charge < -0.3 is 0 Å². The molecule has 0 amide bonds. The van der Waals surface area contributed by atoms with E-state index < -0.39 is 0 Å². The lowest BCUT2D eigenvalue weighted by Crippen LogP contribution is -2.05. The van der Waals surface area contributed by atoms with Gasteiger partial charge in [-0.3, -0.25) is 4.98 Å². The van der Waals surface area contributed by atoms with Crippen LogP contribution in [-0.2, 0) is 9.78 Å². The number of hydrogen-bond donors (Lipinski definition) is 0. The van der Waals surface area contributed by atoms with Crippen molar-refractivity contribution < 1.29 is 9.78 Å². The second-order valence-corrected chi connectivity index (χ2v) is 2.38. The molecule has 1 aromatic rings. The summed E-state index contributed by atoms with van der Waals surface area (Å²) in [5, 5.41) is 0. The average molecular weight is 167 g/mol. The number of nitrogens with zero attached hydrogens (tertiary/aromatic N) is 1. The first kappa shape index (κ1) is 9.16. The Kier molecular flexibility index (Phi) is 5.16. The summed E-state index contributed by atoms with van der Waals surface area (Å²) >= 11 is 0. The standard InChI is InChI=1S/C5H5N.C4H8O2/c2*1-2-4-6-5-3-1/h1-5H;1-4H2. The minimum atomic E-state index is 0.778. The SMILES string of the molecule is C1CCOOC1.c1ccncc1. The van der Waals surface area contributed by atoms with E-state index in [0.29, 0.717) is 0 Å². The van der Waals surface area contributed by atoms with Gasteiger partial charge in [0.05, 0.1) is 13.2 Å². The average Bonchev–Trinajstić information content (AvgIpc) is 2.24. The van der Waals surface area contributed by atoms with Crippen LogP contribution in [0.15, 0.2) is 30.6 Å². The van der Waals surface area contributed by atoms with Gasteiger partial charge in [0.15, 0.2) is 0 Å². The molecule has 1 aliphatic heterocycles. The third-order valence-electron chi connectivity index (χ3n) is 1.36. The third-order valence-corrected chi connectivity index (χ3v) is 1.36. The molecular weight excluding hydrogens is 154 g/mol. The number of pyridine rings is 1. The van der Waals surface area contributed by atoms with E-state index in [1.807, 2.05) is 18.2 Å².